The van der Waals surface area contributed by atoms with Crippen LogP contribution in [0.15, 0.2) is 33.9 Å². The van der Waals surface area contributed by atoms with Gasteiger partial charge in [-0.25, -0.2) is 4.57 Å². The number of rotatable bonds is 2. The minimum absolute atomic E-state index is 0.267. The summed E-state index contributed by atoms with van der Waals surface area (Å²) in [4.78, 5) is 26.9. The Morgan fingerprint density at radius 2 is 1.59 bits per heavy atom. The molecule has 3 heterocycles. The largest absolute Gasteiger partial charge is 0.277 e. The van der Waals surface area contributed by atoms with Crippen molar-refractivity contribution in [3.8, 4) is 5.69 Å². The summed E-state index contributed by atoms with van der Waals surface area (Å²) >= 11 is 3.58. The fourth-order valence-corrected chi connectivity index (χ4v) is 5.25. The Labute approximate surface area is 136 Å². The highest BCUT2D eigenvalue weighted by Crippen LogP contribution is 2.22. The smallest absolute Gasteiger partial charge is 0.267 e. The first-order chi connectivity index (χ1) is 10.7. The van der Waals surface area contributed by atoms with Crippen LogP contribution in [0.4, 0.5) is 0 Å². The van der Waals surface area contributed by atoms with E-state index in [9.17, 15) is 9.59 Å². The number of para-hydroxylation sites is 1. The summed E-state index contributed by atoms with van der Waals surface area (Å²) in [5.74, 6) is 0. The Morgan fingerprint density at radius 1 is 1.00 bits per heavy atom. The first kappa shape index (κ1) is 13.7. The van der Waals surface area contributed by atoms with E-state index in [1.54, 1.807) is 0 Å². The first-order valence-corrected chi connectivity index (χ1v) is 8.96. The minimum Gasteiger partial charge on any atom is -0.267 e. The third-order valence-electron chi connectivity index (χ3n) is 3.44. The van der Waals surface area contributed by atoms with Crippen molar-refractivity contribution in [2.75, 3.05) is 0 Å². The monoisotopic (exact) mass is 347 g/mol. The van der Waals surface area contributed by atoms with Gasteiger partial charge >= 0.3 is 0 Å². The van der Waals surface area contributed by atoms with Gasteiger partial charge in [0.05, 0.1) is 17.4 Å². The first-order valence-electron chi connectivity index (χ1n) is 6.60. The van der Waals surface area contributed by atoms with Crippen molar-refractivity contribution in [2.24, 2.45) is 0 Å². The Balaban J connectivity index is 2.16. The Morgan fingerprint density at radius 3 is 2.18 bits per heavy atom. The number of hydrogen-bond donors (Lipinski definition) is 0. The fraction of sp³-hybridized carbons (Fsp3) is 0.143. The van der Waals surface area contributed by atoms with Crippen LogP contribution in [0.1, 0.15) is 12.5 Å². The zero-order valence-corrected chi connectivity index (χ0v) is 13.8. The minimum atomic E-state index is -0.267. The number of benzene rings is 1. The lowest BCUT2D eigenvalue weighted by Gasteiger charge is -2.06. The molecule has 22 heavy (non-hydrogen) atoms. The maximum Gasteiger partial charge on any atom is 0.277 e. The second-order valence-corrected chi connectivity index (χ2v) is 7.19. The zero-order valence-electron chi connectivity index (χ0n) is 11.4. The summed E-state index contributed by atoms with van der Waals surface area (Å²) < 4.78 is 10.5. The average Bonchev–Trinajstić information content (AvgIpc) is 3.09. The van der Waals surface area contributed by atoms with Crippen LogP contribution >= 0.6 is 34.4 Å². The molecule has 0 atom stereocenters. The standard InChI is InChI=1S/C14H9N3O2S3/c1-2-7-5-3-4-6-8(7)17-13(18)9-10(14(17)19)21-12-11(20-9)15-22-16-12/h3-6H,2H2,1H3. The van der Waals surface area contributed by atoms with Crippen molar-refractivity contribution in [1.82, 2.24) is 13.3 Å². The van der Waals surface area contributed by atoms with Gasteiger partial charge in [-0.2, -0.15) is 8.75 Å². The van der Waals surface area contributed by atoms with E-state index >= 15 is 0 Å². The Bertz CT molecular complexity index is 1100. The average molecular weight is 347 g/mol. The molecule has 110 valence electrons. The molecule has 2 aromatic rings. The normalized spacial score (nSPS) is 11.5. The van der Waals surface area contributed by atoms with Crippen LogP contribution in [-0.4, -0.2) is 13.3 Å². The van der Waals surface area contributed by atoms with E-state index in [0.717, 1.165) is 23.7 Å². The highest BCUT2D eigenvalue weighted by atomic mass is 32.1. The molecular weight excluding hydrogens is 338 g/mol. The molecule has 2 aliphatic rings. The number of aryl methyl sites for hydroxylation is 1. The quantitative estimate of drug-likeness (QED) is 0.559. The van der Waals surface area contributed by atoms with Gasteiger partial charge in [0.25, 0.3) is 11.1 Å². The molecule has 0 saturated carbocycles. The molecule has 0 N–H and O–H groups in total. The van der Waals surface area contributed by atoms with Crippen molar-refractivity contribution in [1.29, 1.82) is 0 Å². The van der Waals surface area contributed by atoms with Crippen LogP contribution in [0.5, 0.6) is 0 Å². The zero-order chi connectivity index (χ0) is 15.3. The van der Waals surface area contributed by atoms with Gasteiger partial charge in [-0.1, -0.05) is 25.1 Å². The van der Waals surface area contributed by atoms with Gasteiger partial charge in [0.15, 0.2) is 9.66 Å². The summed E-state index contributed by atoms with van der Waals surface area (Å²) in [6, 6.07) is 7.50. The molecular formula is C14H9N3O2S3. The molecule has 0 amide bonds. The van der Waals surface area contributed by atoms with E-state index in [4.69, 9.17) is 0 Å². The van der Waals surface area contributed by atoms with Gasteiger partial charge in [0, 0.05) is 0 Å². The maximum absolute atomic E-state index is 12.7. The lowest BCUT2D eigenvalue weighted by molar-refractivity contribution is 0.943. The van der Waals surface area contributed by atoms with Crippen LogP contribution in [0.2, 0.25) is 0 Å². The number of nitrogens with zero attached hydrogens (tertiary/aromatic N) is 3. The van der Waals surface area contributed by atoms with Crippen LogP contribution in [-0.2, 0) is 6.42 Å². The van der Waals surface area contributed by atoms with E-state index in [-0.39, 0.29) is 11.1 Å². The fourth-order valence-electron chi connectivity index (χ4n) is 2.41. The Hall–Kier alpha value is -1.90. The van der Waals surface area contributed by atoms with Crippen molar-refractivity contribution in [3.63, 3.8) is 0 Å². The third kappa shape index (κ3) is 1.88. The predicted molar refractivity (Wildman–Crippen MR) is 89.7 cm³/mol. The third-order valence-corrected chi connectivity index (χ3v) is 6.58. The summed E-state index contributed by atoms with van der Waals surface area (Å²) in [5, 5.41) is 0. The van der Waals surface area contributed by atoms with Crippen molar-refractivity contribution in [2.45, 2.75) is 13.3 Å². The molecule has 2 aliphatic heterocycles. The highest BCUT2D eigenvalue weighted by molar-refractivity contribution is 7.27. The molecule has 4 rings (SSSR count). The van der Waals surface area contributed by atoms with Crippen molar-refractivity contribution >= 4 is 44.1 Å². The molecule has 8 heteroatoms. The van der Waals surface area contributed by atoms with E-state index in [1.165, 1.54) is 27.2 Å². The van der Waals surface area contributed by atoms with Crippen LogP contribution in [0.3, 0.4) is 0 Å². The van der Waals surface area contributed by atoms with Crippen molar-refractivity contribution in [3.05, 3.63) is 59.6 Å². The lowest BCUT2D eigenvalue weighted by atomic mass is 10.1. The highest BCUT2D eigenvalue weighted by Gasteiger charge is 2.16. The van der Waals surface area contributed by atoms with E-state index in [2.05, 4.69) is 8.75 Å². The molecule has 0 spiro atoms. The molecule has 0 saturated heterocycles. The number of fused-ring (bicyclic) bond motifs is 1. The van der Waals surface area contributed by atoms with Gasteiger partial charge in [-0.05, 0) is 18.1 Å². The molecule has 0 fully saturated rings. The molecule has 0 radical (unpaired) electrons. The molecule has 0 unspecified atom stereocenters. The molecule has 1 aromatic carbocycles. The SMILES string of the molecule is CCc1ccccc1-n1c(=O)c2sc3nsnc3sc=2c1=O. The molecule has 0 aliphatic carbocycles. The summed E-state index contributed by atoms with van der Waals surface area (Å²) in [6.45, 7) is 2.01. The van der Waals surface area contributed by atoms with Gasteiger partial charge in [0.1, 0.15) is 9.06 Å². The van der Waals surface area contributed by atoms with Crippen LogP contribution in [0.25, 0.3) is 15.3 Å². The van der Waals surface area contributed by atoms with Gasteiger partial charge in [-0.3, -0.25) is 9.59 Å². The van der Waals surface area contributed by atoms with Crippen LogP contribution in [0, 0.1) is 9.06 Å². The number of hydrogen-bond acceptors (Lipinski definition) is 7. The predicted octanol–water partition coefficient (Wildman–Crippen LogP) is 2.61. The summed E-state index contributed by atoms with van der Waals surface area (Å²) in [6.07, 6.45) is 0.758. The Kier molecular flexibility index (Phi) is 3.17. The summed E-state index contributed by atoms with van der Waals surface area (Å²) in [7, 11) is 0. The van der Waals surface area contributed by atoms with Crippen molar-refractivity contribution < 1.29 is 0 Å². The van der Waals surface area contributed by atoms with E-state index in [0.29, 0.717) is 24.4 Å². The maximum atomic E-state index is 12.7. The summed E-state index contributed by atoms with van der Waals surface area (Å²) in [5.41, 5.74) is 1.11. The van der Waals surface area contributed by atoms with Crippen LogP contribution < -0.4 is 11.1 Å². The topological polar surface area (TPSA) is 64.8 Å². The number of aromatic nitrogens is 3. The molecule has 5 nitrogen and oxygen atoms in total. The molecule has 1 aromatic heterocycles. The second-order valence-electron chi connectivity index (χ2n) is 4.66. The molecule has 0 bridgehead atoms. The van der Waals surface area contributed by atoms with E-state index < -0.39 is 0 Å². The van der Waals surface area contributed by atoms with Gasteiger partial charge < -0.3 is 0 Å². The van der Waals surface area contributed by atoms with E-state index in [1.807, 2.05) is 31.2 Å². The lowest BCUT2D eigenvalue weighted by Crippen LogP contribution is -2.25. The second kappa shape index (κ2) is 5.08. The van der Waals surface area contributed by atoms with Gasteiger partial charge in [0.2, 0.25) is 0 Å². The van der Waals surface area contributed by atoms with Gasteiger partial charge in [-0.15, -0.1) is 22.7 Å².